The fraction of sp³-hybridized carbons (Fsp3) is 0.385. The summed E-state index contributed by atoms with van der Waals surface area (Å²) in [5.41, 5.74) is 7.07. The molecule has 0 aliphatic heterocycles. The summed E-state index contributed by atoms with van der Waals surface area (Å²) in [5.74, 6) is 1.16. The third-order valence-electron chi connectivity index (χ3n) is 2.72. The van der Waals surface area contributed by atoms with E-state index in [-0.39, 0.29) is 11.9 Å². The highest BCUT2D eigenvalue weighted by Gasteiger charge is 2.14. The largest absolute Gasteiger partial charge is 0.328 e. The van der Waals surface area contributed by atoms with E-state index in [0.29, 0.717) is 23.5 Å². The van der Waals surface area contributed by atoms with Crippen LogP contribution in [0.25, 0.3) is 5.69 Å². The fourth-order valence-corrected chi connectivity index (χ4v) is 2.02. The topological polar surface area (TPSA) is 56.7 Å². The van der Waals surface area contributed by atoms with Gasteiger partial charge in [-0.25, -0.2) is 14.1 Å². The van der Waals surface area contributed by atoms with Gasteiger partial charge < -0.3 is 5.73 Å². The molecule has 0 amide bonds. The van der Waals surface area contributed by atoms with Crippen LogP contribution < -0.4 is 5.73 Å². The molecule has 1 aromatic heterocycles. The summed E-state index contributed by atoms with van der Waals surface area (Å²) < 4.78 is 15.6. The van der Waals surface area contributed by atoms with Crippen molar-refractivity contribution in [1.29, 1.82) is 0 Å². The van der Waals surface area contributed by atoms with Crippen LogP contribution in [0, 0.1) is 19.7 Å². The Balaban J connectivity index is 2.56. The predicted molar refractivity (Wildman–Crippen MR) is 68.1 cm³/mol. The first-order valence-electron chi connectivity index (χ1n) is 5.92. The van der Waals surface area contributed by atoms with E-state index >= 15 is 0 Å². The van der Waals surface area contributed by atoms with Gasteiger partial charge in [0.15, 0.2) is 0 Å². The smallest absolute Gasteiger partial charge is 0.148 e. The van der Waals surface area contributed by atoms with E-state index in [1.165, 1.54) is 6.07 Å². The van der Waals surface area contributed by atoms with Crippen molar-refractivity contribution in [2.45, 2.75) is 33.2 Å². The van der Waals surface area contributed by atoms with Gasteiger partial charge in [-0.1, -0.05) is 6.07 Å². The summed E-state index contributed by atoms with van der Waals surface area (Å²) in [6.45, 7) is 5.52. The Labute approximate surface area is 106 Å². The van der Waals surface area contributed by atoms with Crippen molar-refractivity contribution in [2.75, 3.05) is 0 Å². The Bertz CT molecular complexity index is 560. The summed E-state index contributed by atoms with van der Waals surface area (Å²) in [4.78, 5) is 4.24. The van der Waals surface area contributed by atoms with Crippen LogP contribution in [0.3, 0.4) is 0 Å². The second-order valence-corrected chi connectivity index (χ2v) is 4.54. The minimum atomic E-state index is -0.252. The van der Waals surface area contributed by atoms with Crippen molar-refractivity contribution in [1.82, 2.24) is 14.8 Å². The molecule has 2 rings (SSSR count). The molecule has 18 heavy (non-hydrogen) atoms. The van der Waals surface area contributed by atoms with Gasteiger partial charge in [0.1, 0.15) is 17.5 Å². The summed E-state index contributed by atoms with van der Waals surface area (Å²) in [5, 5.41) is 4.29. The highest BCUT2D eigenvalue weighted by molar-refractivity contribution is 5.42. The average molecular weight is 248 g/mol. The lowest BCUT2D eigenvalue weighted by Crippen LogP contribution is -2.20. The van der Waals surface area contributed by atoms with Crippen LogP contribution >= 0.6 is 0 Å². The maximum atomic E-state index is 13.9. The molecule has 0 saturated heterocycles. The number of hydrogen-bond donors (Lipinski definition) is 1. The molecule has 0 aliphatic carbocycles. The minimum Gasteiger partial charge on any atom is -0.328 e. The van der Waals surface area contributed by atoms with Crippen molar-refractivity contribution >= 4 is 0 Å². The molecule has 0 aliphatic rings. The van der Waals surface area contributed by atoms with Crippen LogP contribution in [0.15, 0.2) is 18.2 Å². The van der Waals surface area contributed by atoms with Crippen molar-refractivity contribution < 1.29 is 4.39 Å². The number of aryl methyl sites for hydroxylation is 2. The molecule has 1 aromatic carbocycles. The molecule has 4 nitrogen and oxygen atoms in total. The van der Waals surface area contributed by atoms with Crippen LogP contribution in [0.4, 0.5) is 4.39 Å². The second kappa shape index (κ2) is 4.86. The van der Waals surface area contributed by atoms with Gasteiger partial charge in [-0.05, 0) is 39.3 Å². The minimum absolute atomic E-state index is 0.106. The molecule has 5 heteroatoms. The monoisotopic (exact) mass is 248 g/mol. The third-order valence-corrected chi connectivity index (χ3v) is 2.72. The number of rotatable bonds is 3. The van der Waals surface area contributed by atoms with Crippen molar-refractivity contribution in [2.24, 2.45) is 5.73 Å². The maximum absolute atomic E-state index is 13.9. The number of aromatic nitrogens is 3. The van der Waals surface area contributed by atoms with Gasteiger partial charge in [0.05, 0.1) is 5.69 Å². The first kappa shape index (κ1) is 12.7. The van der Waals surface area contributed by atoms with Crippen molar-refractivity contribution in [3.05, 3.63) is 41.2 Å². The molecule has 1 unspecified atom stereocenters. The number of benzene rings is 1. The standard InChI is InChI=1S/C13H17FN4/c1-8(15)7-11-12(14)5-4-6-13(11)18-10(3)16-9(2)17-18/h4-6,8H,7,15H2,1-3H3. The molecule has 2 N–H and O–H groups in total. The molecule has 0 spiro atoms. The fourth-order valence-electron chi connectivity index (χ4n) is 2.02. The van der Waals surface area contributed by atoms with Crippen LogP contribution in [-0.4, -0.2) is 20.8 Å². The van der Waals surface area contributed by atoms with E-state index in [9.17, 15) is 4.39 Å². The summed E-state index contributed by atoms with van der Waals surface area (Å²) in [6.07, 6.45) is 0.473. The van der Waals surface area contributed by atoms with E-state index in [1.807, 2.05) is 26.8 Å². The second-order valence-electron chi connectivity index (χ2n) is 4.54. The molecule has 0 fully saturated rings. The van der Waals surface area contributed by atoms with Gasteiger partial charge >= 0.3 is 0 Å². The summed E-state index contributed by atoms with van der Waals surface area (Å²) in [6, 6.07) is 4.85. The lowest BCUT2D eigenvalue weighted by Gasteiger charge is -2.13. The Morgan fingerprint density at radius 2 is 2.11 bits per heavy atom. The molecular formula is C13H17FN4. The number of nitrogens with zero attached hydrogens (tertiary/aromatic N) is 3. The Kier molecular flexibility index (Phi) is 3.43. The molecule has 96 valence electrons. The Morgan fingerprint density at radius 3 is 2.67 bits per heavy atom. The number of halogens is 1. The first-order chi connectivity index (χ1) is 8.49. The Hall–Kier alpha value is -1.75. The van der Waals surface area contributed by atoms with Crippen LogP contribution in [0.2, 0.25) is 0 Å². The molecule has 2 aromatic rings. The molecule has 0 bridgehead atoms. The van der Waals surface area contributed by atoms with Crippen LogP contribution in [-0.2, 0) is 6.42 Å². The summed E-state index contributed by atoms with van der Waals surface area (Å²) >= 11 is 0. The van der Waals surface area contributed by atoms with E-state index < -0.39 is 0 Å². The quantitative estimate of drug-likeness (QED) is 0.902. The lowest BCUT2D eigenvalue weighted by molar-refractivity contribution is 0.591. The summed E-state index contributed by atoms with van der Waals surface area (Å²) in [7, 11) is 0. The van der Waals surface area contributed by atoms with Gasteiger partial charge in [0, 0.05) is 11.6 Å². The van der Waals surface area contributed by atoms with Gasteiger partial charge in [0.2, 0.25) is 0 Å². The van der Waals surface area contributed by atoms with Gasteiger partial charge in [-0.2, -0.15) is 5.10 Å². The number of hydrogen-bond acceptors (Lipinski definition) is 3. The third kappa shape index (κ3) is 2.41. The lowest BCUT2D eigenvalue weighted by atomic mass is 10.0. The average Bonchev–Trinajstić information content (AvgIpc) is 2.60. The zero-order valence-corrected chi connectivity index (χ0v) is 10.8. The molecular weight excluding hydrogens is 231 g/mol. The molecule has 0 radical (unpaired) electrons. The SMILES string of the molecule is Cc1nc(C)n(-c2cccc(F)c2CC(C)N)n1. The number of nitrogens with two attached hydrogens (primary N) is 1. The first-order valence-corrected chi connectivity index (χ1v) is 5.92. The van der Waals surface area contributed by atoms with Gasteiger partial charge in [0.25, 0.3) is 0 Å². The van der Waals surface area contributed by atoms with Gasteiger partial charge in [-0.3, -0.25) is 0 Å². The van der Waals surface area contributed by atoms with E-state index in [0.717, 1.165) is 5.82 Å². The van der Waals surface area contributed by atoms with Crippen LogP contribution in [0.1, 0.15) is 24.1 Å². The molecule has 1 heterocycles. The molecule has 1 atom stereocenters. The van der Waals surface area contributed by atoms with E-state index in [2.05, 4.69) is 10.1 Å². The highest BCUT2D eigenvalue weighted by atomic mass is 19.1. The van der Waals surface area contributed by atoms with Crippen molar-refractivity contribution in [3.63, 3.8) is 0 Å². The zero-order chi connectivity index (χ0) is 13.3. The van der Waals surface area contributed by atoms with Crippen LogP contribution in [0.5, 0.6) is 0 Å². The van der Waals surface area contributed by atoms with Crippen molar-refractivity contribution in [3.8, 4) is 5.69 Å². The maximum Gasteiger partial charge on any atom is 0.148 e. The molecule has 0 saturated carbocycles. The zero-order valence-electron chi connectivity index (χ0n) is 10.8. The normalized spacial score (nSPS) is 12.7. The Morgan fingerprint density at radius 1 is 1.39 bits per heavy atom. The van der Waals surface area contributed by atoms with Gasteiger partial charge in [-0.15, -0.1) is 0 Å². The highest BCUT2D eigenvalue weighted by Crippen LogP contribution is 2.20. The van der Waals surface area contributed by atoms with E-state index in [1.54, 1.807) is 10.7 Å². The predicted octanol–water partition coefficient (Wildman–Crippen LogP) is 1.91. The van der Waals surface area contributed by atoms with E-state index in [4.69, 9.17) is 5.73 Å².